The highest BCUT2D eigenvalue weighted by Crippen LogP contribution is 2.17. The lowest BCUT2D eigenvalue weighted by Crippen LogP contribution is -2.30. The summed E-state index contributed by atoms with van der Waals surface area (Å²) in [6.07, 6.45) is 33.8. The van der Waals surface area contributed by atoms with Crippen LogP contribution in [0.2, 0.25) is 0 Å². The summed E-state index contributed by atoms with van der Waals surface area (Å²) in [5.74, 6) is 1.60. The van der Waals surface area contributed by atoms with Gasteiger partial charge in [-0.05, 0) is 37.0 Å². The minimum atomic E-state index is -0.762. The number of esters is 3. The molecule has 52 heavy (non-hydrogen) atoms. The van der Waals surface area contributed by atoms with Gasteiger partial charge in [0, 0.05) is 19.3 Å². The Labute approximate surface area is 323 Å². The van der Waals surface area contributed by atoms with Gasteiger partial charge in [0.05, 0.1) is 0 Å². The highest BCUT2D eigenvalue weighted by Gasteiger charge is 2.19. The van der Waals surface area contributed by atoms with E-state index < -0.39 is 6.10 Å². The van der Waals surface area contributed by atoms with Crippen molar-refractivity contribution in [3.63, 3.8) is 0 Å². The zero-order valence-corrected chi connectivity index (χ0v) is 35.6. The van der Waals surface area contributed by atoms with Gasteiger partial charge in [0.15, 0.2) is 6.10 Å². The van der Waals surface area contributed by atoms with E-state index in [2.05, 4.69) is 41.5 Å². The van der Waals surface area contributed by atoms with Crippen molar-refractivity contribution in [2.45, 2.75) is 247 Å². The average Bonchev–Trinajstić information content (AvgIpc) is 3.12. The maximum Gasteiger partial charge on any atom is 0.306 e. The third-order valence-electron chi connectivity index (χ3n) is 10.9. The Kier molecular flexibility index (Phi) is 36.6. The Balaban J connectivity index is 4.36. The Hall–Kier alpha value is -1.59. The van der Waals surface area contributed by atoms with Crippen molar-refractivity contribution in [1.29, 1.82) is 0 Å². The fourth-order valence-corrected chi connectivity index (χ4v) is 6.64. The van der Waals surface area contributed by atoms with E-state index >= 15 is 0 Å². The second kappa shape index (κ2) is 37.7. The number of carbonyl (C=O) groups excluding carboxylic acids is 3. The second-order valence-corrected chi connectivity index (χ2v) is 16.6. The van der Waals surface area contributed by atoms with Crippen LogP contribution in [-0.2, 0) is 28.6 Å². The van der Waals surface area contributed by atoms with Crippen LogP contribution < -0.4 is 0 Å². The molecule has 0 saturated carbocycles. The first-order valence-electron chi connectivity index (χ1n) is 22.7. The minimum Gasteiger partial charge on any atom is -0.462 e. The van der Waals surface area contributed by atoms with Crippen LogP contribution in [0.15, 0.2) is 0 Å². The summed E-state index contributed by atoms with van der Waals surface area (Å²) < 4.78 is 16.7. The van der Waals surface area contributed by atoms with Crippen LogP contribution in [0.25, 0.3) is 0 Å². The number of ether oxygens (including phenoxy) is 3. The molecule has 0 rings (SSSR count). The molecule has 0 aliphatic heterocycles. The number of unbranched alkanes of at least 4 members (excludes halogenated alkanes) is 20. The molecule has 6 heteroatoms. The zero-order chi connectivity index (χ0) is 38.5. The number of hydrogen-bond acceptors (Lipinski definition) is 6. The molecule has 2 unspecified atom stereocenters. The first kappa shape index (κ1) is 50.4. The molecule has 0 spiro atoms. The van der Waals surface area contributed by atoms with Crippen LogP contribution in [0.5, 0.6) is 0 Å². The highest BCUT2D eigenvalue weighted by molar-refractivity contribution is 5.71. The lowest BCUT2D eigenvalue weighted by Gasteiger charge is -2.18. The summed E-state index contributed by atoms with van der Waals surface area (Å²) >= 11 is 0. The van der Waals surface area contributed by atoms with Crippen LogP contribution in [0.4, 0.5) is 0 Å². The van der Waals surface area contributed by atoms with Crippen LogP contribution in [-0.4, -0.2) is 37.2 Å². The Morgan fingerprint density at radius 3 is 1.00 bits per heavy atom. The van der Waals surface area contributed by atoms with E-state index in [1.54, 1.807) is 0 Å². The summed E-state index contributed by atoms with van der Waals surface area (Å²) in [5.41, 5.74) is 0. The molecule has 0 radical (unpaired) electrons. The molecule has 0 aromatic heterocycles. The van der Waals surface area contributed by atoms with E-state index in [1.807, 2.05) is 0 Å². The standard InChI is InChI=1S/C46H88O6/c1-7-41(5)33-27-21-15-11-9-10-12-16-25-31-37-46(49)52-43(38-50-44(47)35-29-23-17-13-14-20-26-32-40(3)4)39-51-45(48)36-30-24-19-18-22-28-34-42(6)8-2/h40-43H,7-39H2,1-6H3/t41?,42?,43-/m0/s1. The van der Waals surface area contributed by atoms with Gasteiger partial charge in [0.2, 0.25) is 0 Å². The third-order valence-corrected chi connectivity index (χ3v) is 10.9. The molecule has 0 heterocycles. The molecule has 0 N–H and O–H groups in total. The maximum atomic E-state index is 12.7. The van der Waals surface area contributed by atoms with Crippen molar-refractivity contribution in [1.82, 2.24) is 0 Å². The molecule has 0 aliphatic carbocycles. The van der Waals surface area contributed by atoms with Gasteiger partial charge in [-0.15, -0.1) is 0 Å². The molecule has 0 aromatic rings. The molecule has 0 aromatic carbocycles. The predicted molar refractivity (Wildman–Crippen MR) is 219 cm³/mol. The first-order chi connectivity index (χ1) is 25.2. The zero-order valence-electron chi connectivity index (χ0n) is 35.6. The monoisotopic (exact) mass is 737 g/mol. The van der Waals surface area contributed by atoms with Crippen LogP contribution in [0.3, 0.4) is 0 Å². The average molecular weight is 737 g/mol. The summed E-state index contributed by atoms with van der Waals surface area (Å²) in [7, 11) is 0. The van der Waals surface area contributed by atoms with E-state index in [9.17, 15) is 14.4 Å². The number of carbonyl (C=O) groups is 3. The molecule has 0 amide bonds. The molecular formula is C46H88O6. The molecule has 3 atom stereocenters. The molecular weight excluding hydrogens is 648 g/mol. The van der Waals surface area contributed by atoms with Gasteiger partial charge >= 0.3 is 17.9 Å². The van der Waals surface area contributed by atoms with Crippen LogP contribution in [0.1, 0.15) is 241 Å². The van der Waals surface area contributed by atoms with E-state index in [1.165, 1.54) is 122 Å². The Morgan fingerprint density at radius 1 is 0.385 bits per heavy atom. The summed E-state index contributed by atoms with van der Waals surface area (Å²) in [6.45, 7) is 13.6. The van der Waals surface area contributed by atoms with Gasteiger partial charge in [-0.25, -0.2) is 0 Å². The summed E-state index contributed by atoms with van der Waals surface area (Å²) in [4.78, 5) is 37.7. The highest BCUT2D eigenvalue weighted by atomic mass is 16.6. The van der Waals surface area contributed by atoms with Gasteiger partial charge in [-0.3, -0.25) is 14.4 Å². The molecule has 308 valence electrons. The second-order valence-electron chi connectivity index (χ2n) is 16.6. The van der Waals surface area contributed by atoms with Gasteiger partial charge in [-0.1, -0.05) is 202 Å². The molecule has 0 bridgehead atoms. The molecule has 0 aliphatic rings. The topological polar surface area (TPSA) is 78.9 Å². The van der Waals surface area contributed by atoms with Crippen molar-refractivity contribution < 1.29 is 28.6 Å². The van der Waals surface area contributed by atoms with E-state index in [-0.39, 0.29) is 31.1 Å². The predicted octanol–water partition coefficient (Wildman–Crippen LogP) is 14.0. The number of hydrogen-bond donors (Lipinski definition) is 0. The lowest BCUT2D eigenvalue weighted by molar-refractivity contribution is -0.167. The molecule has 0 fully saturated rings. The van der Waals surface area contributed by atoms with Crippen LogP contribution in [0, 0.1) is 17.8 Å². The fraction of sp³-hybridized carbons (Fsp3) is 0.935. The van der Waals surface area contributed by atoms with E-state index in [4.69, 9.17) is 14.2 Å². The summed E-state index contributed by atoms with van der Waals surface area (Å²) in [6, 6.07) is 0. The SMILES string of the molecule is CCC(C)CCCCCCCCCCCCC(=O)O[C@@H](COC(=O)CCCCCCCCCC(C)C)COC(=O)CCCCCCCCC(C)CC. The van der Waals surface area contributed by atoms with Crippen molar-refractivity contribution in [3.05, 3.63) is 0 Å². The summed E-state index contributed by atoms with van der Waals surface area (Å²) in [5, 5.41) is 0. The van der Waals surface area contributed by atoms with Crippen molar-refractivity contribution in [2.75, 3.05) is 13.2 Å². The maximum absolute atomic E-state index is 12.7. The minimum absolute atomic E-state index is 0.0675. The Morgan fingerprint density at radius 2 is 0.673 bits per heavy atom. The third kappa shape index (κ3) is 36.8. The molecule has 6 nitrogen and oxygen atoms in total. The van der Waals surface area contributed by atoms with Gasteiger partial charge in [0.1, 0.15) is 13.2 Å². The van der Waals surface area contributed by atoms with Gasteiger partial charge in [0.25, 0.3) is 0 Å². The fourth-order valence-electron chi connectivity index (χ4n) is 6.64. The molecule has 0 saturated heterocycles. The van der Waals surface area contributed by atoms with Crippen molar-refractivity contribution in [3.8, 4) is 0 Å². The van der Waals surface area contributed by atoms with Crippen LogP contribution >= 0.6 is 0 Å². The van der Waals surface area contributed by atoms with E-state index in [0.717, 1.165) is 75.5 Å². The number of rotatable bonds is 39. The largest absolute Gasteiger partial charge is 0.462 e. The van der Waals surface area contributed by atoms with E-state index in [0.29, 0.717) is 19.3 Å². The van der Waals surface area contributed by atoms with Crippen molar-refractivity contribution >= 4 is 17.9 Å². The van der Waals surface area contributed by atoms with Crippen molar-refractivity contribution in [2.24, 2.45) is 17.8 Å². The lowest BCUT2D eigenvalue weighted by atomic mass is 9.99. The quantitative estimate of drug-likeness (QED) is 0.0355. The smallest absolute Gasteiger partial charge is 0.306 e. The first-order valence-corrected chi connectivity index (χ1v) is 22.7. The normalized spacial score (nSPS) is 13.2. The Bertz CT molecular complexity index is 811. The van der Waals surface area contributed by atoms with Gasteiger partial charge in [-0.2, -0.15) is 0 Å². The van der Waals surface area contributed by atoms with Gasteiger partial charge < -0.3 is 14.2 Å².